The highest BCUT2D eigenvalue weighted by Gasteiger charge is 2.13. The van der Waals surface area contributed by atoms with Gasteiger partial charge in [-0.3, -0.25) is 0 Å². The second-order valence-electron chi connectivity index (χ2n) is 3.12. The molecule has 1 rings (SSSR count). The van der Waals surface area contributed by atoms with Gasteiger partial charge in [-0.15, -0.1) is 0 Å². The molecule has 15 heavy (non-hydrogen) atoms. The van der Waals surface area contributed by atoms with Crippen LogP contribution in [-0.4, -0.2) is 17.7 Å². The van der Waals surface area contributed by atoms with Crippen LogP contribution in [0.25, 0.3) is 0 Å². The summed E-state index contributed by atoms with van der Waals surface area (Å²) in [4.78, 5) is 10.9. The zero-order chi connectivity index (χ0) is 11.3. The highest BCUT2D eigenvalue weighted by atomic mass is 35.5. The first-order valence-corrected chi connectivity index (χ1v) is 5.19. The Labute approximate surface area is 93.6 Å². The summed E-state index contributed by atoms with van der Waals surface area (Å²) in [5.41, 5.74) is 0.110. The third-order valence-electron chi connectivity index (χ3n) is 1.94. The van der Waals surface area contributed by atoms with E-state index in [1.807, 2.05) is 6.92 Å². The van der Waals surface area contributed by atoms with Gasteiger partial charge in [0.15, 0.2) is 5.75 Å². The first-order valence-electron chi connectivity index (χ1n) is 4.81. The summed E-state index contributed by atoms with van der Waals surface area (Å²) in [7, 11) is 0. The van der Waals surface area contributed by atoms with E-state index in [9.17, 15) is 4.79 Å². The Morgan fingerprint density at radius 3 is 2.87 bits per heavy atom. The molecule has 0 saturated carbocycles. The number of halogens is 1. The molecule has 0 heterocycles. The monoisotopic (exact) mass is 228 g/mol. The maximum absolute atomic E-state index is 10.9. The van der Waals surface area contributed by atoms with Crippen LogP contribution in [0.2, 0.25) is 5.02 Å². The van der Waals surface area contributed by atoms with E-state index in [1.165, 1.54) is 6.07 Å². The van der Waals surface area contributed by atoms with Gasteiger partial charge in [0.05, 0.1) is 11.6 Å². The zero-order valence-corrected chi connectivity index (χ0v) is 9.25. The third kappa shape index (κ3) is 3.13. The normalized spacial score (nSPS) is 10.0. The van der Waals surface area contributed by atoms with Gasteiger partial charge < -0.3 is 9.84 Å². The molecular formula is C11H13ClO3. The van der Waals surface area contributed by atoms with Crippen LogP contribution < -0.4 is 4.74 Å². The molecule has 1 N–H and O–H groups in total. The molecule has 0 aliphatic carbocycles. The van der Waals surface area contributed by atoms with Crippen molar-refractivity contribution in [2.75, 3.05) is 6.61 Å². The number of rotatable bonds is 5. The van der Waals surface area contributed by atoms with Crippen LogP contribution in [0, 0.1) is 0 Å². The lowest BCUT2D eigenvalue weighted by Crippen LogP contribution is -2.04. The lowest BCUT2D eigenvalue weighted by atomic mass is 10.2. The molecule has 82 valence electrons. The van der Waals surface area contributed by atoms with Gasteiger partial charge in [0.1, 0.15) is 5.56 Å². The standard InChI is InChI=1S/C11H13ClO3/c1-2-3-7-15-10-8(11(13)14)5-4-6-9(10)12/h4-6H,2-3,7H2,1H3,(H,13,14). The Bertz CT molecular complexity index is 350. The second-order valence-corrected chi connectivity index (χ2v) is 3.53. The molecule has 0 aliphatic heterocycles. The molecule has 1 aromatic carbocycles. The lowest BCUT2D eigenvalue weighted by molar-refractivity contribution is 0.0692. The number of carboxylic acid groups (broad SMARTS) is 1. The van der Waals surface area contributed by atoms with Crippen molar-refractivity contribution in [1.82, 2.24) is 0 Å². The molecule has 0 radical (unpaired) electrons. The number of hydrogen-bond acceptors (Lipinski definition) is 2. The molecule has 4 heteroatoms. The van der Waals surface area contributed by atoms with Crippen molar-refractivity contribution in [3.63, 3.8) is 0 Å². The van der Waals surface area contributed by atoms with Crippen molar-refractivity contribution in [3.05, 3.63) is 28.8 Å². The predicted molar refractivity (Wildman–Crippen MR) is 58.8 cm³/mol. The van der Waals surface area contributed by atoms with Gasteiger partial charge in [0, 0.05) is 0 Å². The fraction of sp³-hybridized carbons (Fsp3) is 0.364. The van der Waals surface area contributed by atoms with Gasteiger partial charge in [-0.1, -0.05) is 31.0 Å². The number of hydrogen-bond donors (Lipinski definition) is 1. The maximum Gasteiger partial charge on any atom is 0.339 e. The average Bonchev–Trinajstić information content (AvgIpc) is 2.20. The summed E-state index contributed by atoms with van der Waals surface area (Å²) in [6, 6.07) is 4.70. The van der Waals surface area contributed by atoms with Crippen LogP contribution in [0.15, 0.2) is 18.2 Å². The van der Waals surface area contributed by atoms with E-state index in [2.05, 4.69) is 0 Å². The minimum atomic E-state index is -1.02. The van der Waals surface area contributed by atoms with Crippen molar-refractivity contribution >= 4 is 17.6 Å². The Kier molecular flexibility index (Phi) is 4.43. The Balaban J connectivity index is 2.87. The minimum Gasteiger partial charge on any atom is -0.491 e. The minimum absolute atomic E-state index is 0.110. The van der Waals surface area contributed by atoms with Gasteiger partial charge in [-0.05, 0) is 18.6 Å². The summed E-state index contributed by atoms with van der Waals surface area (Å²) in [5.74, 6) is -0.760. The fourth-order valence-corrected chi connectivity index (χ4v) is 1.37. The number of aromatic carboxylic acids is 1. The van der Waals surface area contributed by atoms with E-state index < -0.39 is 5.97 Å². The number of carbonyl (C=O) groups is 1. The zero-order valence-electron chi connectivity index (χ0n) is 8.50. The van der Waals surface area contributed by atoms with E-state index >= 15 is 0 Å². The van der Waals surface area contributed by atoms with Gasteiger partial charge in [-0.2, -0.15) is 0 Å². The Morgan fingerprint density at radius 1 is 1.53 bits per heavy atom. The molecule has 0 aliphatic rings. The van der Waals surface area contributed by atoms with Crippen molar-refractivity contribution in [1.29, 1.82) is 0 Å². The van der Waals surface area contributed by atoms with Crippen LogP contribution in [0.3, 0.4) is 0 Å². The summed E-state index contributed by atoms with van der Waals surface area (Å²) >= 11 is 5.86. The van der Waals surface area contributed by atoms with E-state index in [4.69, 9.17) is 21.4 Å². The first-order chi connectivity index (χ1) is 7.16. The number of para-hydroxylation sites is 1. The summed E-state index contributed by atoms with van der Waals surface area (Å²) in [6.45, 7) is 2.52. The molecular weight excluding hydrogens is 216 g/mol. The van der Waals surface area contributed by atoms with Crippen molar-refractivity contribution < 1.29 is 14.6 Å². The van der Waals surface area contributed by atoms with Crippen LogP contribution in [0.1, 0.15) is 30.1 Å². The molecule has 1 aromatic rings. The molecule has 3 nitrogen and oxygen atoms in total. The molecule has 0 spiro atoms. The molecule has 0 amide bonds. The van der Waals surface area contributed by atoms with E-state index in [0.717, 1.165) is 12.8 Å². The fourth-order valence-electron chi connectivity index (χ4n) is 1.14. The molecule has 0 fully saturated rings. The number of ether oxygens (including phenoxy) is 1. The van der Waals surface area contributed by atoms with Crippen LogP contribution in [-0.2, 0) is 0 Å². The number of carboxylic acids is 1. The van der Waals surface area contributed by atoms with Gasteiger partial charge in [-0.25, -0.2) is 4.79 Å². The predicted octanol–water partition coefficient (Wildman–Crippen LogP) is 3.22. The van der Waals surface area contributed by atoms with Gasteiger partial charge in [0.25, 0.3) is 0 Å². The van der Waals surface area contributed by atoms with Crippen molar-refractivity contribution in [2.45, 2.75) is 19.8 Å². The average molecular weight is 229 g/mol. The molecule has 0 unspecified atom stereocenters. The van der Waals surface area contributed by atoms with E-state index in [-0.39, 0.29) is 11.3 Å². The first kappa shape index (κ1) is 11.9. The quantitative estimate of drug-likeness (QED) is 0.788. The summed E-state index contributed by atoms with van der Waals surface area (Å²) < 4.78 is 5.36. The molecule has 0 atom stereocenters. The lowest BCUT2D eigenvalue weighted by Gasteiger charge is -2.09. The van der Waals surface area contributed by atoms with Crippen molar-refractivity contribution in [2.24, 2.45) is 0 Å². The Morgan fingerprint density at radius 2 is 2.27 bits per heavy atom. The maximum atomic E-state index is 10.9. The van der Waals surface area contributed by atoms with Crippen LogP contribution in [0.5, 0.6) is 5.75 Å². The summed E-state index contributed by atoms with van der Waals surface area (Å²) in [6.07, 6.45) is 1.87. The molecule has 0 aromatic heterocycles. The van der Waals surface area contributed by atoms with E-state index in [0.29, 0.717) is 11.6 Å². The number of benzene rings is 1. The second kappa shape index (κ2) is 5.61. The topological polar surface area (TPSA) is 46.5 Å². The Hall–Kier alpha value is -1.22. The van der Waals surface area contributed by atoms with Crippen LogP contribution in [0.4, 0.5) is 0 Å². The van der Waals surface area contributed by atoms with Crippen LogP contribution >= 0.6 is 11.6 Å². The smallest absolute Gasteiger partial charge is 0.339 e. The molecule has 0 saturated heterocycles. The number of unbranched alkanes of at least 4 members (excludes halogenated alkanes) is 1. The third-order valence-corrected chi connectivity index (χ3v) is 2.24. The van der Waals surface area contributed by atoms with Crippen molar-refractivity contribution in [3.8, 4) is 5.75 Å². The largest absolute Gasteiger partial charge is 0.491 e. The summed E-state index contributed by atoms with van der Waals surface area (Å²) in [5, 5.41) is 9.25. The highest BCUT2D eigenvalue weighted by Crippen LogP contribution is 2.28. The molecule has 0 bridgehead atoms. The highest BCUT2D eigenvalue weighted by molar-refractivity contribution is 6.32. The SMILES string of the molecule is CCCCOc1c(Cl)cccc1C(=O)O. The van der Waals surface area contributed by atoms with E-state index in [1.54, 1.807) is 12.1 Å². The van der Waals surface area contributed by atoms with Gasteiger partial charge >= 0.3 is 5.97 Å². The van der Waals surface area contributed by atoms with Gasteiger partial charge in [0.2, 0.25) is 0 Å².